The van der Waals surface area contributed by atoms with Gasteiger partial charge in [-0.05, 0) is 54.7 Å². The average Bonchev–Trinajstić information content (AvgIpc) is 3.18. The van der Waals surface area contributed by atoms with Gasteiger partial charge in [0, 0.05) is 11.8 Å². The number of carbonyl (C=O) groups excluding carboxylic acids is 1. The molecule has 26 heavy (non-hydrogen) atoms. The van der Waals surface area contributed by atoms with Crippen LogP contribution in [0.2, 0.25) is 0 Å². The van der Waals surface area contributed by atoms with Crippen molar-refractivity contribution in [1.29, 1.82) is 0 Å². The molecule has 0 saturated heterocycles. The van der Waals surface area contributed by atoms with Gasteiger partial charge in [-0.1, -0.05) is 18.2 Å². The van der Waals surface area contributed by atoms with E-state index in [1.165, 1.54) is 6.07 Å². The Morgan fingerprint density at radius 3 is 3.00 bits per heavy atom. The summed E-state index contributed by atoms with van der Waals surface area (Å²) < 4.78 is 20.3. The zero-order chi connectivity index (χ0) is 18.1. The number of aromatic nitrogens is 2. The third-order valence-electron chi connectivity index (χ3n) is 4.59. The van der Waals surface area contributed by atoms with Gasteiger partial charge in [-0.2, -0.15) is 5.10 Å². The topological polar surface area (TPSA) is 67.0 Å². The van der Waals surface area contributed by atoms with Crippen molar-refractivity contribution >= 4 is 11.6 Å². The van der Waals surface area contributed by atoms with Crippen molar-refractivity contribution < 1.29 is 13.9 Å². The SMILES string of the molecule is Cc1cc(NC(=O)C2CCc3ccccc3O2)c(F)cc1-c1cn[nH]c1. The van der Waals surface area contributed by atoms with Crippen LogP contribution in [-0.4, -0.2) is 22.2 Å². The molecule has 2 N–H and O–H groups in total. The van der Waals surface area contributed by atoms with Crippen LogP contribution in [0.4, 0.5) is 10.1 Å². The Kier molecular flexibility index (Phi) is 4.16. The summed E-state index contributed by atoms with van der Waals surface area (Å²) in [6, 6.07) is 10.7. The smallest absolute Gasteiger partial charge is 0.265 e. The first kappa shape index (κ1) is 16.3. The first-order valence-electron chi connectivity index (χ1n) is 8.46. The molecule has 2 aromatic carbocycles. The fourth-order valence-corrected chi connectivity index (χ4v) is 3.21. The van der Waals surface area contributed by atoms with E-state index in [9.17, 15) is 9.18 Å². The highest BCUT2D eigenvalue weighted by molar-refractivity contribution is 5.95. The molecular formula is C20H18FN3O2. The third-order valence-corrected chi connectivity index (χ3v) is 4.59. The van der Waals surface area contributed by atoms with E-state index in [1.54, 1.807) is 18.5 Å². The predicted octanol–water partition coefficient (Wildman–Crippen LogP) is 3.86. The number of hydrogen-bond acceptors (Lipinski definition) is 3. The van der Waals surface area contributed by atoms with Gasteiger partial charge in [0.15, 0.2) is 6.10 Å². The van der Waals surface area contributed by atoms with E-state index in [-0.39, 0.29) is 11.6 Å². The Morgan fingerprint density at radius 1 is 1.35 bits per heavy atom. The summed E-state index contributed by atoms with van der Waals surface area (Å²) in [7, 11) is 0. The molecule has 0 saturated carbocycles. The van der Waals surface area contributed by atoms with Crippen LogP contribution in [0.25, 0.3) is 11.1 Å². The van der Waals surface area contributed by atoms with E-state index in [1.807, 2.05) is 31.2 Å². The molecule has 1 amide bonds. The van der Waals surface area contributed by atoms with Crippen molar-refractivity contribution in [3.63, 3.8) is 0 Å². The minimum atomic E-state index is -0.627. The predicted molar refractivity (Wildman–Crippen MR) is 96.5 cm³/mol. The summed E-state index contributed by atoms with van der Waals surface area (Å²) in [6.07, 6.45) is 4.03. The van der Waals surface area contributed by atoms with Crippen LogP contribution < -0.4 is 10.1 Å². The van der Waals surface area contributed by atoms with Crippen molar-refractivity contribution in [2.45, 2.75) is 25.9 Å². The second-order valence-electron chi connectivity index (χ2n) is 6.38. The average molecular weight is 351 g/mol. The van der Waals surface area contributed by atoms with Crippen molar-refractivity contribution in [2.24, 2.45) is 0 Å². The maximum absolute atomic E-state index is 14.5. The minimum Gasteiger partial charge on any atom is -0.480 e. The number of nitrogens with one attached hydrogen (secondary N) is 2. The summed E-state index contributed by atoms with van der Waals surface area (Å²) >= 11 is 0. The zero-order valence-corrected chi connectivity index (χ0v) is 14.3. The molecule has 2 heterocycles. The number of benzene rings is 2. The summed E-state index contributed by atoms with van der Waals surface area (Å²) in [4.78, 5) is 12.5. The fourth-order valence-electron chi connectivity index (χ4n) is 3.21. The number of fused-ring (bicyclic) bond motifs is 1. The van der Waals surface area contributed by atoms with Gasteiger partial charge in [0.05, 0.1) is 11.9 Å². The van der Waals surface area contributed by atoms with Gasteiger partial charge in [-0.3, -0.25) is 9.89 Å². The number of aromatic amines is 1. The van der Waals surface area contributed by atoms with Crippen molar-refractivity contribution in [3.05, 3.63) is 65.7 Å². The van der Waals surface area contributed by atoms with Crippen LogP contribution in [0.3, 0.4) is 0 Å². The number of hydrogen-bond donors (Lipinski definition) is 2. The maximum atomic E-state index is 14.5. The molecule has 0 radical (unpaired) electrons. The summed E-state index contributed by atoms with van der Waals surface area (Å²) in [5, 5.41) is 9.26. The van der Waals surface area contributed by atoms with Crippen LogP contribution in [0.5, 0.6) is 5.75 Å². The van der Waals surface area contributed by atoms with Crippen molar-refractivity contribution in [2.75, 3.05) is 5.32 Å². The molecular weight excluding hydrogens is 333 g/mol. The molecule has 0 fully saturated rings. The molecule has 0 spiro atoms. The third kappa shape index (κ3) is 3.06. The summed E-state index contributed by atoms with van der Waals surface area (Å²) in [5.41, 5.74) is 3.62. The van der Waals surface area contributed by atoms with E-state index in [2.05, 4.69) is 15.5 Å². The van der Waals surface area contributed by atoms with Gasteiger partial charge in [0.2, 0.25) is 0 Å². The minimum absolute atomic E-state index is 0.155. The van der Waals surface area contributed by atoms with Gasteiger partial charge >= 0.3 is 0 Å². The van der Waals surface area contributed by atoms with Gasteiger partial charge in [0.25, 0.3) is 5.91 Å². The first-order valence-corrected chi connectivity index (χ1v) is 8.46. The van der Waals surface area contributed by atoms with E-state index in [0.717, 1.165) is 28.7 Å². The van der Waals surface area contributed by atoms with Crippen LogP contribution in [0, 0.1) is 12.7 Å². The number of H-pyrrole nitrogens is 1. The molecule has 3 aromatic rings. The molecule has 1 aliphatic rings. The number of para-hydroxylation sites is 1. The highest BCUT2D eigenvalue weighted by Crippen LogP contribution is 2.30. The molecule has 1 unspecified atom stereocenters. The van der Waals surface area contributed by atoms with Crippen molar-refractivity contribution in [1.82, 2.24) is 10.2 Å². The van der Waals surface area contributed by atoms with E-state index < -0.39 is 11.9 Å². The van der Waals surface area contributed by atoms with Crippen LogP contribution >= 0.6 is 0 Å². The van der Waals surface area contributed by atoms with Gasteiger partial charge < -0.3 is 10.1 Å². The second kappa shape index (κ2) is 6.63. The zero-order valence-electron chi connectivity index (χ0n) is 14.3. The van der Waals surface area contributed by atoms with Gasteiger partial charge in [-0.15, -0.1) is 0 Å². The number of carbonyl (C=O) groups is 1. The number of amides is 1. The summed E-state index contributed by atoms with van der Waals surface area (Å²) in [5.74, 6) is -0.115. The fraction of sp³-hybridized carbons (Fsp3) is 0.200. The number of ether oxygens (including phenoxy) is 1. The van der Waals surface area contributed by atoms with Gasteiger partial charge in [-0.25, -0.2) is 4.39 Å². The number of halogens is 1. The molecule has 1 aromatic heterocycles. The lowest BCUT2D eigenvalue weighted by Crippen LogP contribution is -2.36. The Labute approximate surface area is 150 Å². The Balaban J connectivity index is 1.52. The molecule has 132 valence electrons. The molecule has 1 aliphatic heterocycles. The molecule has 0 bridgehead atoms. The number of anilines is 1. The van der Waals surface area contributed by atoms with E-state index >= 15 is 0 Å². The molecule has 4 rings (SSSR count). The van der Waals surface area contributed by atoms with Crippen LogP contribution in [0.1, 0.15) is 17.5 Å². The highest BCUT2D eigenvalue weighted by atomic mass is 19.1. The molecule has 6 heteroatoms. The van der Waals surface area contributed by atoms with Crippen LogP contribution in [0.15, 0.2) is 48.8 Å². The Hall–Kier alpha value is -3.15. The molecule has 1 atom stereocenters. The van der Waals surface area contributed by atoms with Crippen LogP contribution in [-0.2, 0) is 11.2 Å². The van der Waals surface area contributed by atoms with E-state index in [4.69, 9.17) is 4.74 Å². The second-order valence-corrected chi connectivity index (χ2v) is 6.38. The lowest BCUT2D eigenvalue weighted by atomic mass is 10.0. The number of rotatable bonds is 3. The normalized spacial score (nSPS) is 15.8. The monoisotopic (exact) mass is 351 g/mol. The number of aryl methyl sites for hydroxylation is 2. The Bertz CT molecular complexity index is 954. The largest absolute Gasteiger partial charge is 0.480 e. The Morgan fingerprint density at radius 2 is 2.19 bits per heavy atom. The highest BCUT2D eigenvalue weighted by Gasteiger charge is 2.26. The maximum Gasteiger partial charge on any atom is 0.265 e. The quantitative estimate of drug-likeness (QED) is 0.753. The van der Waals surface area contributed by atoms with Crippen molar-refractivity contribution in [3.8, 4) is 16.9 Å². The lowest BCUT2D eigenvalue weighted by molar-refractivity contribution is -0.123. The molecule has 0 aliphatic carbocycles. The van der Waals surface area contributed by atoms with E-state index in [0.29, 0.717) is 12.2 Å². The number of nitrogens with zero attached hydrogens (tertiary/aromatic N) is 1. The summed E-state index contributed by atoms with van der Waals surface area (Å²) in [6.45, 7) is 1.87. The first-order chi connectivity index (χ1) is 12.6. The standard InChI is InChI=1S/C20H18FN3O2/c1-12-8-17(16(21)9-15(12)14-10-22-23-11-14)24-20(25)19-7-6-13-4-2-3-5-18(13)26-19/h2-5,8-11,19H,6-7H2,1H3,(H,22,23)(H,24,25). The lowest BCUT2D eigenvalue weighted by Gasteiger charge is -2.25. The van der Waals surface area contributed by atoms with Gasteiger partial charge in [0.1, 0.15) is 11.6 Å². The molecule has 5 nitrogen and oxygen atoms in total.